The van der Waals surface area contributed by atoms with Crippen molar-refractivity contribution in [3.05, 3.63) is 35.0 Å². The molecule has 1 aliphatic carbocycles. The van der Waals surface area contributed by atoms with Crippen LogP contribution in [-0.4, -0.2) is 87.1 Å². The van der Waals surface area contributed by atoms with E-state index in [9.17, 15) is 14.7 Å². The maximum atomic E-state index is 13.4. The first-order chi connectivity index (χ1) is 33.2. The number of esters is 2. The minimum atomic E-state index is -1.16. The minimum absolute atomic E-state index is 0.210. The number of hydrogen-bond acceptors (Lipinski definition) is 9. The van der Waals surface area contributed by atoms with E-state index in [1.54, 1.807) is 14.2 Å². The topological polar surface area (TPSA) is 97.8 Å². The molecule has 2 rings (SSSR count). The van der Waals surface area contributed by atoms with E-state index in [2.05, 4.69) is 37.7 Å². The van der Waals surface area contributed by atoms with Crippen molar-refractivity contribution in [3.8, 4) is 11.5 Å². The SMILES string of the molecule is CC.CC.CC.CC.CC.CC.CCCCCCCCCCCC(=O)OCC(O)C(CN(Cc1ccc(OC)cc1OC)C(CCCN(C)C)=C1CCC1)OC(=O)CCCCCCCCCCC. The number of carbonyl (C=O) groups excluding carboxylic acids is 2. The Kier molecular flexibility index (Phi) is 63.8. The van der Waals surface area contributed by atoms with Crippen molar-refractivity contribution in [1.29, 1.82) is 0 Å². The summed E-state index contributed by atoms with van der Waals surface area (Å²) in [4.78, 5) is 30.7. The highest BCUT2D eigenvalue weighted by Gasteiger charge is 2.30. The molecule has 0 amide bonds. The molecule has 0 radical (unpaired) electrons. The molecule has 9 nitrogen and oxygen atoms in total. The molecule has 0 spiro atoms. The van der Waals surface area contributed by atoms with E-state index < -0.39 is 12.2 Å². The Balaban J connectivity index is -0.00000102. The highest BCUT2D eigenvalue weighted by Crippen LogP contribution is 2.35. The van der Waals surface area contributed by atoms with Crippen molar-refractivity contribution < 1.29 is 33.6 Å². The monoisotopic (exact) mass is 967 g/mol. The number of benzene rings is 1. The van der Waals surface area contributed by atoms with E-state index >= 15 is 0 Å². The fraction of sp³-hybridized carbons (Fsp3) is 0.831. The number of allylic oxidation sites excluding steroid dienone is 2. The number of aliphatic hydroxyl groups excluding tert-OH is 1. The van der Waals surface area contributed by atoms with E-state index in [1.807, 2.05) is 101 Å². The number of unbranched alkanes of at least 4 members (excludes halogenated alkanes) is 16. The zero-order valence-corrected chi connectivity index (χ0v) is 48.7. The van der Waals surface area contributed by atoms with Gasteiger partial charge in [-0.05, 0) is 77.7 Å². The fourth-order valence-corrected chi connectivity index (χ4v) is 7.42. The quantitative estimate of drug-likeness (QED) is 0.0527. The first-order valence-corrected chi connectivity index (χ1v) is 28.6. The molecule has 1 saturated carbocycles. The highest BCUT2D eigenvalue weighted by atomic mass is 16.6. The van der Waals surface area contributed by atoms with Gasteiger partial charge in [-0.15, -0.1) is 0 Å². The van der Waals surface area contributed by atoms with Crippen LogP contribution in [0.4, 0.5) is 0 Å². The second-order valence-corrected chi connectivity index (χ2v) is 16.3. The molecule has 0 aliphatic heterocycles. The minimum Gasteiger partial charge on any atom is -0.497 e. The van der Waals surface area contributed by atoms with Gasteiger partial charge in [-0.2, -0.15) is 0 Å². The molecular weight excluding hydrogens is 849 g/mol. The Bertz CT molecular complexity index is 1220. The first kappa shape index (κ1) is 74.2. The summed E-state index contributed by atoms with van der Waals surface area (Å²) in [5, 5.41) is 11.6. The van der Waals surface area contributed by atoms with Gasteiger partial charge in [-0.3, -0.25) is 9.59 Å². The van der Waals surface area contributed by atoms with Crippen LogP contribution in [-0.2, 0) is 25.6 Å². The third-order valence-corrected chi connectivity index (χ3v) is 11.1. The molecule has 2 unspecified atom stereocenters. The van der Waals surface area contributed by atoms with Gasteiger partial charge < -0.3 is 33.9 Å². The number of methoxy groups -OCH3 is 2. The van der Waals surface area contributed by atoms with Crippen molar-refractivity contribution in [1.82, 2.24) is 9.80 Å². The zero-order valence-electron chi connectivity index (χ0n) is 48.7. The van der Waals surface area contributed by atoms with Crippen molar-refractivity contribution in [2.75, 3.05) is 48.0 Å². The second kappa shape index (κ2) is 58.5. The summed E-state index contributed by atoms with van der Waals surface area (Å²) in [6.45, 7) is 30.0. The van der Waals surface area contributed by atoms with Gasteiger partial charge in [0.2, 0.25) is 0 Å². The van der Waals surface area contributed by atoms with Crippen molar-refractivity contribution in [2.45, 2.75) is 276 Å². The number of rotatable bonds is 35. The fourth-order valence-electron chi connectivity index (χ4n) is 7.42. The van der Waals surface area contributed by atoms with Crippen LogP contribution in [0.1, 0.15) is 263 Å². The van der Waals surface area contributed by atoms with Crippen LogP contribution in [0.25, 0.3) is 0 Å². The first-order valence-electron chi connectivity index (χ1n) is 28.6. The summed E-state index contributed by atoms with van der Waals surface area (Å²) in [5.74, 6) is 0.798. The lowest BCUT2D eigenvalue weighted by Crippen LogP contribution is -2.44. The molecule has 0 aromatic heterocycles. The number of hydrogen-bond donors (Lipinski definition) is 1. The Hall–Kier alpha value is -2.78. The maximum absolute atomic E-state index is 13.4. The van der Waals surface area contributed by atoms with Gasteiger partial charge in [0.25, 0.3) is 0 Å². The summed E-state index contributed by atoms with van der Waals surface area (Å²) in [7, 11) is 7.48. The summed E-state index contributed by atoms with van der Waals surface area (Å²) in [6.07, 6.45) is 24.6. The Morgan fingerprint density at radius 3 is 1.47 bits per heavy atom. The van der Waals surface area contributed by atoms with Crippen molar-refractivity contribution in [3.63, 3.8) is 0 Å². The van der Waals surface area contributed by atoms with Gasteiger partial charge in [0.1, 0.15) is 30.3 Å². The molecule has 0 bridgehead atoms. The van der Waals surface area contributed by atoms with E-state index in [1.165, 1.54) is 88.3 Å². The van der Waals surface area contributed by atoms with Crippen molar-refractivity contribution >= 4 is 11.9 Å². The molecule has 406 valence electrons. The molecular formula is C59H118N2O7. The molecule has 0 heterocycles. The number of carbonyl (C=O) groups is 2. The van der Waals surface area contributed by atoms with Gasteiger partial charge in [0.05, 0.1) is 20.8 Å². The molecule has 1 aromatic carbocycles. The normalized spacial score (nSPS) is 11.7. The smallest absolute Gasteiger partial charge is 0.306 e. The standard InChI is InChI=1S/C47H82N2O7.6C2H6/c1-7-9-11-13-15-17-19-21-23-30-46(51)55-38-43(50)45(56-47(52)31-24-22-20-18-16-14-12-10-8-2)37-49(36-40-32-33-41(53-5)35-44(40)54-6)42(39-27-25-28-39)29-26-34-48(3)4;6*1-2/h32-33,35,43,45,50H,7-31,34,36-38H2,1-6H3;6*1-2H3. The lowest BCUT2D eigenvalue weighted by atomic mass is 9.88. The zero-order chi connectivity index (χ0) is 52.8. The molecule has 1 N–H and O–H groups in total. The molecule has 1 aromatic rings. The predicted octanol–water partition coefficient (Wildman–Crippen LogP) is 17.1. The lowest BCUT2D eigenvalue weighted by molar-refractivity contribution is -0.162. The molecule has 1 fully saturated rings. The third kappa shape index (κ3) is 41.0. The average molecular weight is 968 g/mol. The van der Waals surface area contributed by atoms with Crippen LogP contribution in [0.3, 0.4) is 0 Å². The van der Waals surface area contributed by atoms with Crippen LogP contribution in [0.2, 0.25) is 0 Å². The molecule has 0 saturated heterocycles. The van der Waals surface area contributed by atoms with Gasteiger partial charge in [-0.1, -0.05) is 205 Å². The Labute approximate surface area is 424 Å². The van der Waals surface area contributed by atoms with Gasteiger partial charge in [-0.25, -0.2) is 0 Å². The summed E-state index contributed by atoms with van der Waals surface area (Å²) in [6, 6.07) is 5.84. The third-order valence-electron chi connectivity index (χ3n) is 11.1. The van der Waals surface area contributed by atoms with Crippen molar-refractivity contribution in [2.24, 2.45) is 0 Å². The lowest BCUT2D eigenvalue weighted by Gasteiger charge is -2.37. The Morgan fingerprint density at radius 2 is 1.06 bits per heavy atom. The molecule has 1 aliphatic rings. The van der Waals surface area contributed by atoms with Gasteiger partial charge in [0.15, 0.2) is 0 Å². The van der Waals surface area contributed by atoms with Crippen LogP contribution in [0.15, 0.2) is 29.5 Å². The summed E-state index contributed by atoms with van der Waals surface area (Å²) < 4.78 is 23.1. The van der Waals surface area contributed by atoms with Crippen LogP contribution in [0, 0.1) is 0 Å². The average Bonchev–Trinajstić information content (AvgIpc) is 3.36. The molecule has 9 heteroatoms. The number of aliphatic hydroxyl groups is 1. The van der Waals surface area contributed by atoms with E-state index in [0.29, 0.717) is 30.9 Å². The highest BCUT2D eigenvalue weighted by molar-refractivity contribution is 5.70. The number of nitrogens with zero attached hydrogens (tertiary/aromatic N) is 2. The van der Waals surface area contributed by atoms with Crippen LogP contribution < -0.4 is 9.47 Å². The maximum Gasteiger partial charge on any atom is 0.306 e. The summed E-state index contributed by atoms with van der Waals surface area (Å²) >= 11 is 0. The Morgan fingerprint density at radius 1 is 0.603 bits per heavy atom. The van der Waals surface area contributed by atoms with E-state index in [4.69, 9.17) is 18.9 Å². The molecule has 68 heavy (non-hydrogen) atoms. The predicted molar refractivity (Wildman–Crippen MR) is 297 cm³/mol. The molecule has 2 atom stereocenters. The van der Waals surface area contributed by atoms with E-state index in [0.717, 1.165) is 82.7 Å². The van der Waals surface area contributed by atoms with Crippen LogP contribution in [0.5, 0.6) is 11.5 Å². The van der Waals surface area contributed by atoms with Crippen LogP contribution >= 0.6 is 0 Å². The summed E-state index contributed by atoms with van der Waals surface area (Å²) in [5.41, 5.74) is 3.63. The largest absolute Gasteiger partial charge is 0.497 e. The second-order valence-electron chi connectivity index (χ2n) is 16.3. The number of ether oxygens (including phenoxy) is 4. The van der Waals surface area contributed by atoms with Gasteiger partial charge in [0, 0.05) is 36.7 Å². The van der Waals surface area contributed by atoms with E-state index in [-0.39, 0.29) is 25.1 Å². The van der Waals surface area contributed by atoms with Gasteiger partial charge >= 0.3 is 11.9 Å².